The first-order chi connectivity index (χ1) is 14.1. The summed E-state index contributed by atoms with van der Waals surface area (Å²) in [7, 11) is 4.80. The predicted molar refractivity (Wildman–Crippen MR) is 121 cm³/mol. The lowest BCUT2D eigenvalue weighted by Crippen LogP contribution is -2.13. The van der Waals surface area contributed by atoms with Crippen LogP contribution in [-0.2, 0) is 0 Å². The van der Waals surface area contributed by atoms with Crippen LogP contribution in [-0.4, -0.2) is 38.3 Å². The summed E-state index contributed by atoms with van der Waals surface area (Å²) >= 11 is 6.82. The summed E-state index contributed by atoms with van der Waals surface area (Å²) in [5.41, 5.74) is 1.81. The Bertz CT molecular complexity index is 1110. The molecular weight excluding hydrogens is 474 g/mol. The summed E-state index contributed by atoms with van der Waals surface area (Å²) in [4.78, 5) is 6.84. The molecule has 0 spiro atoms. The molecule has 0 bridgehead atoms. The zero-order valence-corrected chi connectivity index (χ0v) is 19.4. The van der Waals surface area contributed by atoms with Gasteiger partial charge in [0.15, 0.2) is 11.5 Å². The topological polar surface area (TPSA) is 57.3 Å². The molecule has 0 saturated heterocycles. The molecule has 3 aromatic rings. The zero-order chi connectivity index (χ0) is 20.4. The number of hydrogen-bond donors (Lipinski definition) is 0. The molecule has 1 aliphatic rings. The number of thiazole rings is 1. The van der Waals surface area contributed by atoms with Crippen molar-refractivity contribution in [1.82, 2.24) is 4.68 Å². The fourth-order valence-electron chi connectivity index (χ4n) is 2.83. The Morgan fingerprint density at radius 1 is 1.07 bits per heavy atom. The highest BCUT2D eigenvalue weighted by molar-refractivity contribution is 9.11. The van der Waals surface area contributed by atoms with E-state index < -0.39 is 0 Å². The minimum Gasteiger partial charge on any atom is -0.493 e. The van der Waals surface area contributed by atoms with E-state index in [0.29, 0.717) is 23.3 Å². The lowest BCUT2D eigenvalue weighted by Gasteiger charge is -2.13. The average molecular weight is 494 g/mol. The fourth-order valence-corrected chi connectivity index (χ4v) is 5.19. The summed E-state index contributed by atoms with van der Waals surface area (Å²) < 4.78 is 19.4. The summed E-state index contributed by atoms with van der Waals surface area (Å²) in [6, 6.07) is 8.28. The van der Waals surface area contributed by atoms with Gasteiger partial charge >= 0.3 is 0 Å². The maximum Gasteiger partial charge on any atom is 0.206 e. The summed E-state index contributed by atoms with van der Waals surface area (Å²) in [6.45, 7) is 0. The van der Waals surface area contributed by atoms with Crippen LogP contribution in [0.2, 0.25) is 0 Å². The van der Waals surface area contributed by atoms with Crippen LogP contribution >= 0.6 is 38.6 Å². The van der Waals surface area contributed by atoms with Crippen molar-refractivity contribution < 1.29 is 14.2 Å². The molecule has 2 aromatic heterocycles. The Morgan fingerprint density at radius 3 is 2.48 bits per heavy atom. The predicted octanol–water partition coefficient (Wildman–Crippen LogP) is 5.01. The summed E-state index contributed by atoms with van der Waals surface area (Å²) in [6.07, 6.45) is 4.06. The average Bonchev–Trinajstić information content (AvgIpc) is 3.31. The Labute approximate surface area is 185 Å². The van der Waals surface area contributed by atoms with E-state index in [9.17, 15) is 0 Å². The number of halogens is 1. The van der Waals surface area contributed by atoms with E-state index in [0.717, 1.165) is 37.6 Å². The molecule has 2 heterocycles. The van der Waals surface area contributed by atoms with Crippen molar-refractivity contribution in [3.63, 3.8) is 0 Å². The molecule has 1 aromatic carbocycles. The van der Waals surface area contributed by atoms with Crippen LogP contribution in [0.1, 0.15) is 18.4 Å². The van der Waals surface area contributed by atoms with Crippen molar-refractivity contribution in [2.45, 2.75) is 18.9 Å². The molecule has 0 amide bonds. The molecule has 9 heteroatoms. The van der Waals surface area contributed by atoms with Crippen LogP contribution in [0.5, 0.6) is 17.2 Å². The van der Waals surface area contributed by atoms with Gasteiger partial charge in [0.05, 0.1) is 47.9 Å². The van der Waals surface area contributed by atoms with Gasteiger partial charge in [-0.2, -0.15) is 5.10 Å². The van der Waals surface area contributed by atoms with Crippen LogP contribution in [0, 0.1) is 0 Å². The lowest BCUT2D eigenvalue weighted by molar-refractivity contribution is 0.324. The minimum atomic E-state index is 0.411. The molecule has 0 aliphatic heterocycles. The highest BCUT2D eigenvalue weighted by Crippen LogP contribution is 2.39. The van der Waals surface area contributed by atoms with Crippen molar-refractivity contribution in [2.24, 2.45) is 10.1 Å². The molecule has 4 rings (SSSR count). The van der Waals surface area contributed by atoms with E-state index in [1.165, 1.54) is 0 Å². The largest absolute Gasteiger partial charge is 0.493 e. The lowest BCUT2D eigenvalue weighted by atomic mass is 10.2. The molecule has 0 atom stereocenters. The van der Waals surface area contributed by atoms with Crippen molar-refractivity contribution in [3.8, 4) is 27.8 Å². The van der Waals surface area contributed by atoms with Crippen LogP contribution in [0.3, 0.4) is 0 Å². The standard InChI is InChI=1S/C20H20BrN3O3S2/c1-25-15-7-4-12(18(26-2)19(15)27-3)10-22-24-14(16-8-9-17(21)29-16)11-28-20(24)23-13-5-6-13/h4,7-11,13H,5-6H2,1-3H3/b22-10-,23-20?. The SMILES string of the molecule is COc1ccc(/C=N\n2c(-c3ccc(Br)s3)csc2=NC2CC2)c(OC)c1OC. The third kappa shape index (κ3) is 4.26. The molecule has 0 N–H and O–H groups in total. The Balaban J connectivity index is 1.80. The molecule has 0 unspecified atom stereocenters. The van der Waals surface area contributed by atoms with Crippen molar-refractivity contribution in [1.29, 1.82) is 0 Å². The monoisotopic (exact) mass is 493 g/mol. The smallest absolute Gasteiger partial charge is 0.206 e. The van der Waals surface area contributed by atoms with E-state index >= 15 is 0 Å². The molecule has 152 valence electrons. The first-order valence-electron chi connectivity index (χ1n) is 8.98. The number of thiophene rings is 1. The van der Waals surface area contributed by atoms with Gasteiger partial charge in [-0.1, -0.05) is 0 Å². The summed E-state index contributed by atoms with van der Waals surface area (Å²) in [5.74, 6) is 1.73. The van der Waals surface area contributed by atoms with Crippen molar-refractivity contribution in [2.75, 3.05) is 21.3 Å². The van der Waals surface area contributed by atoms with Crippen LogP contribution < -0.4 is 19.0 Å². The first-order valence-corrected chi connectivity index (χ1v) is 11.5. The minimum absolute atomic E-state index is 0.411. The second-order valence-corrected chi connectivity index (χ2v) is 9.65. The zero-order valence-electron chi connectivity index (χ0n) is 16.2. The first kappa shape index (κ1) is 20.2. The maximum absolute atomic E-state index is 5.57. The van der Waals surface area contributed by atoms with Crippen LogP contribution in [0.25, 0.3) is 10.6 Å². The van der Waals surface area contributed by atoms with Gasteiger partial charge in [-0.3, -0.25) is 4.99 Å². The van der Waals surface area contributed by atoms with Gasteiger partial charge in [-0.25, -0.2) is 4.68 Å². The number of hydrogen-bond acceptors (Lipinski definition) is 7. The van der Waals surface area contributed by atoms with Gasteiger partial charge in [0.2, 0.25) is 10.6 Å². The van der Waals surface area contributed by atoms with Gasteiger partial charge in [0.1, 0.15) is 0 Å². The Morgan fingerprint density at radius 2 is 1.86 bits per heavy atom. The molecule has 1 saturated carbocycles. The second-order valence-electron chi connectivity index (χ2n) is 6.35. The van der Waals surface area contributed by atoms with E-state index in [4.69, 9.17) is 24.3 Å². The van der Waals surface area contributed by atoms with Gasteiger partial charge in [-0.05, 0) is 53.0 Å². The van der Waals surface area contributed by atoms with Crippen molar-refractivity contribution in [3.05, 3.63) is 43.8 Å². The number of benzene rings is 1. The highest BCUT2D eigenvalue weighted by Gasteiger charge is 2.21. The van der Waals surface area contributed by atoms with Crippen molar-refractivity contribution >= 4 is 44.8 Å². The fraction of sp³-hybridized carbons (Fsp3) is 0.300. The highest BCUT2D eigenvalue weighted by atomic mass is 79.9. The number of aromatic nitrogens is 1. The molecular formula is C20H20BrN3O3S2. The third-order valence-corrected chi connectivity index (χ3v) is 6.87. The maximum atomic E-state index is 5.57. The number of methoxy groups -OCH3 is 3. The van der Waals surface area contributed by atoms with Gasteiger partial charge in [0, 0.05) is 10.9 Å². The molecule has 6 nitrogen and oxygen atoms in total. The Kier molecular flexibility index (Phi) is 6.07. The van der Waals surface area contributed by atoms with E-state index in [1.54, 1.807) is 50.2 Å². The van der Waals surface area contributed by atoms with E-state index in [2.05, 4.69) is 27.4 Å². The second kappa shape index (κ2) is 8.73. The Hall–Kier alpha value is -2.10. The van der Waals surface area contributed by atoms with Crippen LogP contribution in [0.4, 0.5) is 0 Å². The van der Waals surface area contributed by atoms with Gasteiger partial charge in [-0.15, -0.1) is 22.7 Å². The summed E-state index contributed by atoms with van der Waals surface area (Å²) in [5, 5.41) is 6.87. The number of rotatable bonds is 7. The molecule has 1 fully saturated rings. The molecule has 0 radical (unpaired) electrons. The number of nitrogens with zero attached hydrogens (tertiary/aromatic N) is 3. The quantitative estimate of drug-likeness (QED) is 0.434. The van der Waals surface area contributed by atoms with Crippen LogP contribution in [0.15, 0.2) is 43.5 Å². The molecule has 29 heavy (non-hydrogen) atoms. The van der Waals surface area contributed by atoms with Gasteiger partial charge in [0.25, 0.3) is 0 Å². The molecule has 1 aliphatic carbocycles. The third-order valence-electron chi connectivity index (χ3n) is 4.40. The van der Waals surface area contributed by atoms with E-state index in [-0.39, 0.29) is 0 Å². The normalized spacial score (nSPS) is 14.6. The van der Waals surface area contributed by atoms with E-state index in [1.807, 2.05) is 22.9 Å². The van der Waals surface area contributed by atoms with Gasteiger partial charge < -0.3 is 14.2 Å². The number of ether oxygens (including phenoxy) is 3.